The average Bonchev–Trinajstić information content (AvgIpc) is 3.19. The van der Waals surface area contributed by atoms with Crippen LogP contribution in [0.2, 0.25) is 0 Å². The number of carbonyl (C=O) groups is 2. The molecule has 0 bridgehead atoms. The SMILES string of the molecule is COc1cc(C=CC(=O)C=Cc2cc(OC)cc(OC)c2)cc(OC)c1.COc1cc(C=CC(=O)C=Cc2cc(OC)cc(OC)c2)cc(OC)c1.[Pd]. The van der Waals surface area contributed by atoms with Crippen molar-refractivity contribution < 1.29 is 67.9 Å². The number of carbonyl (C=O) groups excluding carboxylic acids is 2. The van der Waals surface area contributed by atoms with Crippen LogP contribution in [0.1, 0.15) is 22.3 Å². The maximum atomic E-state index is 12.1. The van der Waals surface area contributed by atoms with E-state index in [-0.39, 0.29) is 32.0 Å². The van der Waals surface area contributed by atoms with Crippen LogP contribution >= 0.6 is 0 Å². The van der Waals surface area contributed by atoms with Gasteiger partial charge in [-0.2, -0.15) is 0 Å². The molecule has 0 radical (unpaired) electrons. The first-order valence-electron chi connectivity index (χ1n) is 15.9. The Bertz CT molecular complexity index is 1560. The van der Waals surface area contributed by atoms with E-state index in [1.165, 1.54) is 24.3 Å². The van der Waals surface area contributed by atoms with E-state index in [0.717, 1.165) is 22.3 Å². The molecule has 10 nitrogen and oxygen atoms in total. The minimum absolute atomic E-state index is 0. The predicted molar refractivity (Wildman–Crippen MR) is 204 cm³/mol. The van der Waals surface area contributed by atoms with E-state index >= 15 is 0 Å². The number of ether oxygens (including phenoxy) is 8. The summed E-state index contributed by atoms with van der Waals surface area (Å²) in [5.41, 5.74) is 3.24. The van der Waals surface area contributed by atoms with Crippen molar-refractivity contribution in [3.8, 4) is 46.0 Å². The van der Waals surface area contributed by atoms with Gasteiger partial charge in [-0.05, 0) is 95.1 Å². The quantitative estimate of drug-likeness (QED) is 0.0816. The Labute approximate surface area is 324 Å². The van der Waals surface area contributed by atoms with Crippen LogP contribution in [-0.2, 0) is 30.0 Å². The van der Waals surface area contributed by atoms with Gasteiger partial charge >= 0.3 is 0 Å². The molecule has 0 aromatic heterocycles. The second kappa shape index (κ2) is 22.9. The maximum Gasteiger partial charge on any atom is 0.178 e. The Morgan fingerprint density at radius 1 is 0.321 bits per heavy atom. The summed E-state index contributed by atoms with van der Waals surface area (Å²) < 4.78 is 41.7. The van der Waals surface area contributed by atoms with Crippen molar-refractivity contribution in [2.45, 2.75) is 0 Å². The van der Waals surface area contributed by atoms with Crippen LogP contribution in [0.5, 0.6) is 46.0 Å². The van der Waals surface area contributed by atoms with Crippen molar-refractivity contribution in [1.29, 1.82) is 0 Å². The van der Waals surface area contributed by atoms with Crippen LogP contribution in [0.3, 0.4) is 0 Å². The smallest absolute Gasteiger partial charge is 0.178 e. The molecule has 53 heavy (non-hydrogen) atoms. The second-order valence-corrected chi connectivity index (χ2v) is 10.7. The number of ketones is 2. The van der Waals surface area contributed by atoms with Gasteiger partial charge in [0.15, 0.2) is 11.6 Å². The molecule has 282 valence electrons. The molecule has 0 spiro atoms. The summed E-state index contributed by atoms with van der Waals surface area (Å²) in [4.78, 5) is 24.2. The molecule has 0 saturated heterocycles. The summed E-state index contributed by atoms with van der Waals surface area (Å²) in [6.07, 6.45) is 12.8. The van der Waals surface area contributed by atoms with E-state index in [4.69, 9.17) is 37.9 Å². The molecule has 0 N–H and O–H groups in total. The van der Waals surface area contributed by atoms with Gasteiger partial charge < -0.3 is 37.9 Å². The molecule has 4 aromatic rings. The van der Waals surface area contributed by atoms with Crippen molar-refractivity contribution in [2.75, 3.05) is 56.9 Å². The van der Waals surface area contributed by atoms with Gasteiger partial charge in [0.05, 0.1) is 56.9 Å². The van der Waals surface area contributed by atoms with Crippen LogP contribution in [-0.4, -0.2) is 68.4 Å². The first-order valence-corrected chi connectivity index (χ1v) is 15.9. The van der Waals surface area contributed by atoms with Crippen molar-refractivity contribution in [2.24, 2.45) is 0 Å². The molecule has 0 heterocycles. The third-order valence-electron chi connectivity index (χ3n) is 7.26. The zero-order valence-electron chi connectivity index (χ0n) is 30.9. The van der Waals surface area contributed by atoms with Gasteiger partial charge in [0.1, 0.15) is 46.0 Å². The Balaban J connectivity index is 0.000000360. The number of methoxy groups -OCH3 is 8. The van der Waals surface area contributed by atoms with Crippen molar-refractivity contribution >= 4 is 35.9 Å². The van der Waals surface area contributed by atoms with Gasteiger partial charge in [0.2, 0.25) is 0 Å². The van der Waals surface area contributed by atoms with E-state index in [1.807, 2.05) is 48.5 Å². The van der Waals surface area contributed by atoms with Gasteiger partial charge in [-0.15, -0.1) is 0 Å². The topological polar surface area (TPSA) is 108 Å². The van der Waals surface area contributed by atoms with Gasteiger partial charge in [-0.3, -0.25) is 9.59 Å². The molecule has 0 atom stereocenters. The largest absolute Gasteiger partial charge is 0.497 e. The number of rotatable bonds is 16. The molecule has 0 aliphatic carbocycles. The van der Waals surface area contributed by atoms with Crippen LogP contribution in [0.4, 0.5) is 0 Å². The number of hydrogen-bond acceptors (Lipinski definition) is 10. The molecule has 0 amide bonds. The Kier molecular flexibility index (Phi) is 18.8. The van der Waals surface area contributed by atoms with Crippen LogP contribution in [0.25, 0.3) is 24.3 Å². The molecule has 0 fully saturated rings. The Morgan fingerprint density at radius 3 is 0.604 bits per heavy atom. The fourth-order valence-electron chi connectivity index (χ4n) is 4.53. The summed E-state index contributed by atoms with van der Waals surface area (Å²) in [5.74, 6) is 5.01. The fourth-order valence-corrected chi connectivity index (χ4v) is 4.53. The van der Waals surface area contributed by atoms with Crippen molar-refractivity contribution in [1.82, 2.24) is 0 Å². The van der Waals surface area contributed by atoms with E-state index in [9.17, 15) is 9.59 Å². The number of hydrogen-bond donors (Lipinski definition) is 0. The van der Waals surface area contributed by atoms with Crippen LogP contribution in [0, 0.1) is 0 Å². The van der Waals surface area contributed by atoms with Gasteiger partial charge in [-0.1, -0.05) is 24.3 Å². The molecule has 0 aliphatic rings. The Morgan fingerprint density at radius 2 is 0.472 bits per heavy atom. The molecule has 4 rings (SSSR count). The monoisotopic (exact) mass is 814 g/mol. The first kappa shape index (κ1) is 43.4. The average molecular weight is 815 g/mol. The minimum atomic E-state index is -0.145. The van der Waals surface area contributed by atoms with Crippen LogP contribution in [0.15, 0.2) is 97.1 Å². The van der Waals surface area contributed by atoms with Crippen molar-refractivity contribution in [3.05, 3.63) is 119 Å². The molecule has 0 unspecified atom stereocenters. The predicted octanol–water partition coefficient (Wildman–Crippen LogP) is 8.03. The zero-order chi connectivity index (χ0) is 37.9. The summed E-state index contributed by atoms with van der Waals surface area (Å²) in [5, 5.41) is 0. The zero-order valence-corrected chi connectivity index (χ0v) is 32.5. The molecular weight excluding hydrogens is 771 g/mol. The molecule has 4 aromatic carbocycles. The molecule has 11 heteroatoms. The minimum Gasteiger partial charge on any atom is -0.497 e. The van der Waals surface area contributed by atoms with E-state index in [1.54, 1.807) is 105 Å². The third kappa shape index (κ3) is 14.8. The molecule has 0 aliphatic heterocycles. The third-order valence-corrected chi connectivity index (χ3v) is 7.26. The second-order valence-electron chi connectivity index (χ2n) is 10.7. The maximum absolute atomic E-state index is 12.1. The Hall–Kier alpha value is -5.76. The van der Waals surface area contributed by atoms with Gasteiger partial charge in [-0.25, -0.2) is 0 Å². The van der Waals surface area contributed by atoms with Crippen molar-refractivity contribution in [3.63, 3.8) is 0 Å². The van der Waals surface area contributed by atoms with E-state index in [0.29, 0.717) is 46.0 Å². The summed E-state index contributed by atoms with van der Waals surface area (Å²) in [6, 6.07) is 21.7. The van der Waals surface area contributed by atoms with Crippen LogP contribution < -0.4 is 37.9 Å². The number of allylic oxidation sites excluding steroid dienone is 4. The molecule has 0 saturated carbocycles. The van der Waals surface area contributed by atoms with Gasteiger partial charge in [0.25, 0.3) is 0 Å². The van der Waals surface area contributed by atoms with E-state index < -0.39 is 0 Å². The number of benzene rings is 4. The normalized spacial score (nSPS) is 10.7. The standard InChI is InChI=1S/2C21H22O5.Pd/c2*1-23-18-9-15(10-19(13-18)24-2)5-7-17(22)8-6-16-11-20(25-3)14-21(12-16)26-4;/h2*5-14H,1-4H3;. The summed E-state index contributed by atoms with van der Waals surface area (Å²) in [6.45, 7) is 0. The van der Waals surface area contributed by atoms with E-state index in [2.05, 4.69) is 0 Å². The fraction of sp³-hybridized carbons (Fsp3) is 0.190. The molecular formula is C42H44O10Pd. The summed E-state index contributed by atoms with van der Waals surface area (Å²) >= 11 is 0. The summed E-state index contributed by atoms with van der Waals surface area (Å²) in [7, 11) is 12.7. The van der Waals surface area contributed by atoms with Gasteiger partial charge in [0, 0.05) is 44.7 Å². The first-order chi connectivity index (χ1) is 25.1.